The molecule has 2 rings (SSSR count). The van der Waals surface area contributed by atoms with E-state index in [2.05, 4.69) is 10.3 Å². The fourth-order valence-electron chi connectivity index (χ4n) is 1.45. The van der Waals surface area contributed by atoms with Gasteiger partial charge in [-0.1, -0.05) is 0 Å². The van der Waals surface area contributed by atoms with Gasteiger partial charge in [-0.2, -0.15) is 0 Å². The van der Waals surface area contributed by atoms with Crippen LogP contribution in [0.1, 0.15) is 20.8 Å². The Morgan fingerprint density at radius 3 is 2.78 bits per heavy atom. The number of rotatable bonds is 1. The highest BCUT2D eigenvalue weighted by Gasteiger charge is 2.16. The molecule has 1 heterocycles. The Morgan fingerprint density at radius 1 is 1.39 bits per heavy atom. The average molecular weight is 250 g/mol. The molecule has 96 valence electrons. The van der Waals surface area contributed by atoms with E-state index in [1.807, 2.05) is 0 Å². The zero-order valence-corrected chi connectivity index (χ0v) is 10.4. The number of hydrogen-bond acceptors (Lipinski definition) is 4. The fraction of sp³-hybridized carbons (Fsp3) is 0.333. The van der Waals surface area contributed by atoms with Crippen molar-refractivity contribution >= 4 is 22.9 Å². The second kappa shape index (κ2) is 4.21. The van der Waals surface area contributed by atoms with Crippen LogP contribution in [0.15, 0.2) is 27.4 Å². The average Bonchev–Trinajstić information content (AvgIpc) is 2.53. The van der Waals surface area contributed by atoms with Crippen molar-refractivity contribution in [3.8, 4) is 0 Å². The van der Waals surface area contributed by atoms with Gasteiger partial charge >= 0.3 is 11.8 Å². The number of carbonyl (C=O) groups is 1. The first-order chi connectivity index (χ1) is 8.33. The molecule has 0 bridgehead atoms. The topological polar surface area (TPSA) is 84.3 Å². The van der Waals surface area contributed by atoms with Gasteiger partial charge in [0, 0.05) is 5.69 Å². The van der Waals surface area contributed by atoms with Gasteiger partial charge in [-0.05, 0) is 39.0 Å². The molecule has 18 heavy (non-hydrogen) atoms. The molecular weight excluding hydrogens is 236 g/mol. The van der Waals surface area contributed by atoms with Crippen LogP contribution < -0.4 is 11.1 Å². The van der Waals surface area contributed by atoms with E-state index in [1.165, 1.54) is 0 Å². The molecule has 0 unspecified atom stereocenters. The SMILES string of the molecule is CC(C)(C)OC(=O)Nc1ccc2oc(=O)[nH]c2c1. The number of fused-ring (bicyclic) bond motifs is 1. The summed E-state index contributed by atoms with van der Waals surface area (Å²) in [5.41, 5.74) is 0.926. The van der Waals surface area contributed by atoms with E-state index in [9.17, 15) is 9.59 Å². The number of carbonyl (C=O) groups excluding carboxylic acids is 1. The standard InChI is InChI=1S/C12H14N2O4/c1-12(2,3)18-11(16)13-7-4-5-9-8(6-7)14-10(15)17-9/h4-6H,1-3H3,(H,13,16)(H,14,15). The molecule has 1 amide bonds. The van der Waals surface area contributed by atoms with Crippen molar-refractivity contribution in [1.82, 2.24) is 4.98 Å². The molecule has 1 aromatic carbocycles. The van der Waals surface area contributed by atoms with Crippen LogP contribution >= 0.6 is 0 Å². The summed E-state index contributed by atoms with van der Waals surface area (Å²) in [6, 6.07) is 4.83. The molecule has 1 aromatic heterocycles. The number of amides is 1. The van der Waals surface area contributed by atoms with E-state index >= 15 is 0 Å². The van der Waals surface area contributed by atoms with E-state index in [0.717, 1.165) is 0 Å². The second-order valence-electron chi connectivity index (χ2n) is 4.85. The number of oxazole rings is 1. The molecule has 0 atom stereocenters. The first-order valence-electron chi connectivity index (χ1n) is 5.46. The van der Waals surface area contributed by atoms with Crippen LogP contribution in [0.2, 0.25) is 0 Å². The molecular formula is C12H14N2O4. The number of anilines is 1. The van der Waals surface area contributed by atoms with E-state index in [4.69, 9.17) is 9.15 Å². The number of aromatic amines is 1. The summed E-state index contributed by atoms with van der Waals surface area (Å²) in [5.74, 6) is -0.528. The van der Waals surface area contributed by atoms with Crippen molar-refractivity contribution in [3.63, 3.8) is 0 Å². The summed E-state index contributed by atoms with van der Waals surface area (Å²) in [6.45, 7) is 5.34. The quantitative estimate of drug-likeness (QED) is 0.814. The molecule has 0 fully saturated rings. The van der Waals surface area contributed by atoms with Crippen LogP contribution in [-0.4, -0.2) is 16.7 Å². The van der Waals surface area contributed by atoms with Crippen molar-refractivity contribution < 1.29 is 13.9 Å². The number of aromatic nitrogens is 1. The summed E-state index contributed by atoms with van der Waals surface area (Å²) in [5, 5.41) is 2.57. The Hall–Kier alpha value is -2.24. The number of nitrogens with one attached hydrogen (secondary N) is 2. The van der Waals surface area contributed by atoms with Crippen LogP contribution in [0.3, 0.4) is 0 Å². The monoisotopic (exact) mass is 250 g/mol. The minimum Gasteiger partial charge on any atom is -0.444 e. The molecule has 6 heteroatoms. The van der Waals surface area contributed by atoms with Crippen LogP contribution in [0, 0.1) is 0 Å². The van der Waals surface area contributed by atoms with Crippen molar-refractivity contribution in [2.75, 3.05) is 5.32 Å². The van der Waals surface area contributed by atoms with Crippen molar-refractivity contribution in [3.05, 3.63) is 28.7 Å². The predicted octanol–water partition coefficient (Wildman–Crippen LogP) is 2.47. The Morgan fingerprint density at radius 2 is 2.11 bits per heavy atom. The van der Waals surface area contributed by atoms with Gasteiger partial charge in [-0.3, -0.25) is 10.3 Å². The number of hydrogen-bond donors (Lipinski definition) is 2. The van der Waals surface area contributed by atoms with Gasteiger partial charge in [0.2, 0.25) is 0 Å². The Balaban J connectivity index is 2.17. The zero-order chi connectivity index (χ0) is 13.3. The summed E-state index contributed by atoms with van der Waals surface area (Å²) in [6.07, 6.45) is -0.548. The molecule has 0 aliphatic heterocycles. The maximum atomic E-state index is 11.5. The largest absolute Gasteiger partial charge is 0.444 e. The van der Waals surface area contributed by atoms with Crippen LogP contribution in [0.5, 0.6) is 0 Å². The van der Waals surface area contributed by atoms with Gasteiger partial charge < -0.3 is 9.15 Å². The smallest absolute Gasteiger partial charge is 0.417 e. The predicted molar refractivity (Wildman–Crippen MR) is 66.7 cm³/mol. The summed E-state index contributed by atoms with van der Waals surface area (Å²) >= 11 is 0. The van der Waals surface area contributed by atoms with Crippen LogP contribution in [0.4, 0.5) is 10.5 Å². The van der Waals surface area contributed by atoms with E-state index in [1.54, 1.807) is 39.0 Å². The normalized spacial score (nSPS) is 11.5. The van der Waals surface area contributed by atoms with Gasteiger partial charge in [0.15, 0.2) is 5.58 Å². The van der Waals surface area contributed by atoms with Crippen molar-refractivity contribution in [2.24, 2.45) is 0 Å². The lowest BCUT2D eigenvalue weighted by atomic mass is 10.2. The summed E-state index contributed by atoms with van der Waals surface area (Å²) in [4.78, 5) is 25.0. The van der Waals surface area contributed by atoms with E-state index in [0.29, 0.717) is 16.8 Å². The van der Waals surface area contributed by atoms with E-state index < -0.39 is 17.5 Å². The first kappa shape index (κ1) is 12.2. The lowest BCUT2D eigenvalue weighted by molar-refractivity contribution is 0.0636. The lowest BCUT2D eigenvalue weighted by Gasteiger charge is -2.19. The van der Waals surface area contributed by atoms with Gasteiger partial charge in [0.05, 0.1) is 5.52 Å². The lowest BCUT2D eigenvalue weighted by Crippen LogP contribution is -2.27. The van der Waals surface area contributed by atoms with Gasteiger partial charge in [-0.15, -0.1) is 0 Å². The second-order valence-corrected chi connectivity index (χ2v) is 4.85. The molecule has 2 N–H and O–H groups in total. The third-order valence-corrected chi connectivity index (χ3v) is 2.06. The number of ether oxygens (including phenoxy) is 1. The number of H-pyrrole nitrogens is 1. The maximum absolute atomic E-state index is 11.5. The third kappa shape index (κ3) is 2.91. The highest BCUT2D eigenvalue weighted by Crippen LogP contribution is 2.17. The summed E-state index contributed by atoms with van der Waals surface area (Å²) in [7, 11) is 0. The minimum atomic E-state index is -0.557. The molecule has 0 saturated carbocycles. The third-order valence-electron chi connectivity index (χ3n) is 2.06. The molecule has 0 aliphatic carbocycles. The zero-order valence-electron chi connectivity index (χ0n) is 10.4. The van der Waals surface area contributed by atoms with Gasteiger partial charge in [0.25, 0.3) is 0 Å². The highest BCUT2D eigenvalue weighted by atomic mass is 16.6. The van der Waals surface area contributed by atoms with E-state index in [-0.39, 0.29) is 0 Å². The first-order valence-corrected chi connectivity index (χ1v) is 5.46. The Kier molecular flexibility index (Phi) is 2.86. The molecule has 0 radical (unpaired) electrons. The molecule has 0 aliphatic rings. The maximum Gasteiger partial charge on any atom is 0.417 e. The minimum absolute atomic E-state index is 0.440. The van der Waals surface area contributed by atoms with Gasteiger partial charge in [0.1, 0.15) is 5.60 Å². The van der Waals surface area contributed by atoms with Gasteiger partial charge in [-0.25, -0.2) is 9.59 Å². The molecule has 2 aromatic rings. The Bertz CT molecular complexity index is 633. The molecule has 6 nitrogen and oxygen atoms in total. The highest BCUT2D eigenvalue weighted by molar-refractivity contribution is 5.88. The number of benzene rings is 1. The summed E-state index contributed by atoms with van der Waals surface area (Å²) < 4.78 is 9.97. The molecule has 0 saturated heterocycles. The Labute approximate surface area is 103 Å². The van der Waals surface area contributed by atoms with Crippen molar-refractivity contribution in [1.29, 1.82) is 0 Å². The van der Waals surface area contributed by atoms with Crippen LogP contribution in [-0.2, 0) is 4.74 Å². The van der Waals surface area contributed by atoms with Crippen molar-refractivity contribution in [2.45, 2.75) is 26.4 Å². The van der Waals surface area contributed by atoms with Crippen LogP contribution in [0.25, 0.3) is 11.1 Å². The molecule has 0 spiro atoms. The fourth-order valence-corrected chi connectivity index (χ4v) is 1.45.